The van der Waals surface area contributed by atoms with E-state index >= 15 is 0 Å². The lowest BCUT2D eigenvalue weighted by atomic mass is 10.1. The van der Waals surface area contributed by atoms with Crippen LogP contribution in [0.4, 0.5) is 5.69 Å². The van der Waals surface area contributed by atoms with E-state index in [9.17, 15) is 9.59 Å². The van der Waals surface area contributed by atoms with Crippen LogP contribution >= 0.6 is 11.3 Å². The molecule has 0 radical (unpaired) electrons. The topological polar surface area (TPSA) is 116 Å². The summed E-state index contributed by atoms with van der Waals surface area (Å²) in [6.07, 6.45) is 5.68. The number of rotatable bonds is 8. The Labute approximate surface area is 228 Å². The van der Waals surface area contributed by atoms with Gasteiger partial charge in [0, 0.05) is 39.5 Å². The van der Waals surface area contributed by atoms with Gasteiger partial charge in [-0.1, -0.05) is 25.5 Å². The number of nitrogens with one attached hydrogen (secondary N) is 3. The number of benzene rings is 1. The van der Waals surface area contributed by atoms with Gasteiger partial charge in [-0.05, 0) is 55.8 Å². The molecule has 0 aliphatic carbocycles. The number of hydrogen-bond acceptors (Lipinski definition) is 6. The van der Waals surface area contributed by atoms with Gasteiger partial charge in [0.2, 0.25) is 5.91 Å². The molecule has 6 rings (SSSR count). The second-order valence-electron chi connectivity index (χ2n) is 9.45. The van der Waals surface area contributed by atoms with Crippen LogP contribution in [0.1, 0.15) is 42.8 Å². The average Bonchev–Trinajstić information content (AvgIpc) is 3.69. The molecule has 1 aromatic carbocycles. The third-order valence-electron chi connectivity index (χ3n) is 6.62. The maximum Gasteiger partial charge on any atom is 0.224 e. The van der Waals surface area contributed by atoms with Gasteiger partial charge in [-0.25, -0.2) is 4.98 Å². The number of nitrogens with zero attached hydrogens (tertiary/aromatic N) is 3. The molecule has 0 spiro atoms. The number of aromatic nitrogens is 5. The van der Waals surface area contributed by atoms with Crippen molar-refractivity contribution in [1.82, 2.24) is 25.1 Å². The van der Waals surface area contributed by atoms with Gasteiger partial charge < -0.3 is 10.3 Å². The zero-order valence-corrected chi connectivity index (χ0v) is 22.4. The summed E-state index contributed by atoms with van der Waals surface area (Å²) < 4.78 is 0. The summed E-state index contributed by atoms with van der Waals surface area (Å²) in [6.45, 7) is 3.65. The number of anilines is 1. The highest BCUT2D eigenvalue weighted by Gasteiger charge is 2.17. The Bertz CT molecular complexity index is 1850. The highest BCUT2D eigenvalue weighted by Crippen LogP contribution is 2.37. The van der Waals surface area contributed by atoms with Gasteiger partial charge in [0.1, 0.15) is 11.2 Å². The van der Waals surface area contributed by atoms with Gasteiger partial charge in [-0.3, -0.25) is 19.7 Å². The van der Waals surface area contributed by atoms with Gasteiger partial charge in [0.25, 0.3) is 0 Å². The molecule has 194 valence electrons. The lowest BCUT2D eigenvalue weighted by Crippen LogP contribution is -2.11. The maximum atomic E-state index is 12.2. The van der Waals surface area contributed by atoms with Crippen LogP contribution in [0.5, 0.6) is 0 Å². The van der Waals surface area contributed by atoms with E-state index < -0.39 is 0 Å². The number of pyridine rings is 2. The molecule has 6 aromatic rings. The molecule has 0 saturated heterocycles. The quantitative estimate of drug-likeness (QED) is 0.178. The van der Waals surface area contributed by atoms with E-state index in [4.69, 9.17) is 4.98 Å². The molecular weight excluding hydrogens is 508 g/mol. The van der Waals surface area contributed by atoms with Crippen molar-refractivity contribution in [2.45, 2.75) is 33.1 Å². The molecule has 9 heteroatoms. The Kier molecular flexibility index (Phi) is 6.50. The van der Waals surface area contributed by atoms with E-state index in [2.05, 4.69) is 44.5 Å². The van der Waals surface area contributed by atoms with Crippen molar-refractivity contribution in [1.29, 1.82) is 0 Å². The second kappa shape index (κ2) is 10.3. The molecule has 5 heterocycles. The predicted octanol–water partition coefficient (Wildman–Crippen LogP) is 7.23. The first-order valence-electron chi connectivity index (χ1n) is 12.8. The molecule has 0 saturated carbocycles. The monoisotopic (exact) mass is 534 g/mol. The molecule has 39 heavy (non-hydrogen) atoms. The number of amides is 1. The average molecular weight is 535 g/mol. The van der Waals surface area contributed by atoms with Gasteiger partial charge in [0.15, 0.2) is 5.78 Å². The number of thiophene rings is 1. The van der Waals surface area contributed by atoms with Crippen LogP contribution in [-0.2, 0) is 4.79 Å². The Morgan fingerprint density at radius 3 is 2.74 bits per heavy atom. The first-order valence-corrected chi connectivity index (χ1v) is 13.7. The van der Waals surface area contributed by atoms with Gasteiger partial charge >= 0.3 is 0 Å². The number of carbonyl (C=O) groups is 2. The zero-order chi connectivity index (χ0) is 26.9. The Balaban J connectivity index is 1.36. The van der Waals surface area contributed by atoms with E-state index in [-0.39, 0.29) is 11.7 Å². The van der Waals surface area contributed by atoms with Gasteiger partial charge in [-0.2, -0.15) is 5.10 Å². The van der Waals surface area contributed by atoms with Crippen LogP contribution in [0.2, 0.25) is 0 Å². The van der Waals surface area contributed by atoms with E-state index in [0.29, 0.717) is 17.8 Å². The van der Waals surface area contributed by atoms with Crippen molar-refractivity contribution in [3.05, 3.63) is 71.9 Å². The van der Waals surface area contributed by atoms with Crippen LogP contribution in [0, 0.1) is 0 Å². The molecule has 0 fully saturated rings. The number of aromatic amines is 2. The largest absolute Gasteiger partial charge is 0.353 e. The molecule has 0 unspecified atom stereocenters. The minimum absolute atomic E-state index is 0.0189. The fraction of sp³-hybridized carbons (Fsp3) is 0.167. The third kappa shape index (κ3) is 4.84. The van der Waals surface area contributed by atoms with Crippen molar-refractivity contribution in [3.8, 4) is 33.1 Å². The van der Waals surface area contributed by atoms with Crippen LogP contribution in [-0.4, -0.2) is 36.8 Å². The minimum atomic E-state index is -0.0189. The SMILES string of the molecule is CCCCC(=O)Nc1cncc(-c2ccc3[nH]nc(-c4cc5c(-c6ccc(C(C)=O)s6)cccc5[nH]4)c3n2)c1. The van der Waals surface area contributed by atoms with Crippen LogP contribution in [0.15, 0.2) is 67.0 Å². The molecule has 0 bridgehead atoms. The number of H-pyrrole nitrogens is 2. The van der Waals surface area contributed by atoms with Gasteiger partial charge in [0.05, 0.1) is 33.7 Å². The number of hydrogen-bond donors (Lipinski definition) is 3. The lowest BCUT2D eigenvalue weighted by molar-refractivity contribution is -0.116. The van der Waals surface area contributed by atoms with Crippen molar-refractivity contribution in [3.63, 3.8) is 0 Å². The molecule has 0 aliphatic heterocycles. The molecule has 5 aromatic heterocycles. The van der Waals surface area contributed by atoms with E-state index in [0.717, 1.165) is 67.0 Å². The standard InChI is InChI=1S/C30H26N6O2S/c1-3-4-8-28(38)32-19-13-18(15-31-16-19)22-9-10-24-29(34-22)30(36-35-24)25-14-21-20(6-5-7-23(21)33-25)27-12-11-26(39-27)17(2)37/h5-7,9-16,33H,3-4,8H2,1-2H3,(H,32,38)(H,35,36). The first-order chi connectivity index (χ1) is 19.0. The normalized spacial score (nSPS) is 11.3. The molecule has 1 amide bonds. The summed E-state index contributed by atoms with van der Waals surface area (Å²) in [6, 6.07) is 17.8. The second-order valence-corrected chi connectivity index (χ2v) is 10.5. The third-order valence-corrected chi connectivity index (χ3v) is 7.84. The number of unbranched alkanes of at least 4 members (excludes halogenated alkanes) is 1. The number of fused-ring (bicyclic) bond motifs is 2. The summed E-state index contributed by atoms with van der Waals surface area (Å²) >= 11 is 1.50. The fourth-order valence-electron chi connectivity index (χ4n) is 4.63. The molecule has 0 atom stereocenters. The van der Waals surface area contributed by atoms with Crippen molar-refractivity contribution in [2.75, 3.05) is 5.32 Å². The number of ketones is 1. The molecule has 8 nitrogen and oxygen atoms in total. The highest BCUT2D eigenvalue weighted by atomic mass is 32.1. The summed E-state index contributed by atoms with van der Waals surface area (Å²) in [4.78, 5) is 38.5. The van der Waals surface area contributed by atoms with Crippen molar-refractivity contribution in [2.24, 2.45) is 0 Å². The van der Waals surface area contributed by atoms with E-state index in [1.807, 2.05) is 42.5 Å². The van der Waals surface area contributed by atoms with Crippen molar-refractivity contribution >= 4 is 50.7 Å². The van der Waals surface area contributed by atoms with Crippen LogP contribution in [0.3, 0.4) is 0 Å². The summed E-state index contributed by atoms with van der Waals surface area (Å²) in [7, 11) is 0. The van der Waals surface area contributed by atoms with E-state index in [1.165, 1.54) is 11.3 Å². The maximum absolute atomic E-state index is 12.2. The lowest BCUT2D eigenvalue weighted by Gasteiger charge is -2.07. The fourth-order valence-corrected chi connectivity index (χ4v) is 5.57. The zero-order valence-electron chi connectivity index (χ0n) is 21.5. The van der Waals surface area contributed by atoms with Crippen molar-refractivity contribution < 1.29 is 9.59 Å². The number of Topliss-reactive ketones (excluding diaryl/α,β-unsaturated/α-hetero) is 1. The summed E-state index contributed by atoms with van der Waals surface area (Å²) in [5.74, 6) is 0.0484. The molecule has 0 aliphatic rings. The Morgan fingerprint density at radius 1 is 1.03 bits per heavy atom. The van der Waals surface area contributed by atoms with Crippen LogP contribution < -0.4 is 5.32 Å². The summed E-state index contributed by atoms with van der Waals surface area (Å²) in [5.41, 5.74) is 7.31. The predicted molar refractivity (Wildman–Crippen MR) is 156 cm³/mol. The molecule has 3 N–H and O–H groups in total. The Morgan fingerprint density at radius 2 is 1.92 bits per heavy atom. The highest BCUT2D eigenvalue weighted by molar-refractivity contribution is 7.17. The first kappa shape index (κ1) is 24.7. The smallest absolute Gasteiger partial charge is 0.224 e. The minimum Gasteiger partial charge on any atom is -0.353 e. The van der Waals surface area contributed by atoms with Gasteiger partial charge in [-0.15, -0.1) is 11.3 Å². The molecular formula is C30H26N6O2S. The Hall–Kier alpha value is -4.63. The number of carbonyl (C=O) groups excluding carboxylic acids is 2. The van der Waals surface area contributed by atoms with E-state index in [1.54, 1.807) is 19.3 Å². The summed E-state index contributed by atoms with van der Waals surface area (Å²) in [5, 5.41) is 11.6. The van der Waals surface area contributed by atoms with Crippen LogP contribution in [0.25, 0.3) is 55.0 Å².